The molecule has 0 aliphatic carbocycles. The third-order valence-electron chi connectivity index (χ3n) is 5.28. The van der Waals surface area contributed by atoms with Gasteiger partial charge in [0.2, 0.25) is 0 Å². The first-order valence-corrected chi connectivity index (χ1v) is 9.32. The van der Waals surface area contributed by atoms with E-state index >= 15 is 0 Å². The molecule has 26 heavy (non-hydrogen) atoms. The van der Waals surface area contributed by atoms with E-state index in [0.717, 1.165) is 57.1 Å². The van der Waals surface area contributed by atoms with Crippen LogP contribution in [0, 0.1) is 0 Å². The number of hydrogen-bond donors (Lipinski definition) is 1. The molecule has 3 heterocycles. The van der Waals surface area contributed by atoms with Gasteiger partial charge in [-0.1, -0.05) is 6.07 Å². The van der Waals surface area contributed by atoms with Gasteiger partial charge in [0, 0.05) is 50.6 Å². The second-order valence-corrected chi connectivity index (χ2v) is 6.95. The molecule has 0 radical (unpaired) electrons. The molecule has 1 amide bonds. The second kappa shape index (κ2) is 7.45. The number of benzene rings is 1. The molecule has 138 valence electrons. The highest BCUT2D eigenvalue weighted by Crippen LogP contribution is 2.28. The molecule has 4 rings (SSSR count). The number of carbonyl (C=O) groups is 1. The second-order valence-electron chi connectivity index (χ2n) is 6.95. The van der Waals surface area contributed by atoms with Gasteiger partial charge in [-0.3, -0.25) is 4.79 Å². The molecule has 7 nitrogen and oxygen atoms in total. The number of aromatic nitrogens is 3. The van der Waals surface area contributed by atoms with Crippen molar-refractivity contribution in [2.45, 2.75) is 31.7 Å². The van der Waals surface area contributed by atoms with Crippen molar-refractivity contribution in [1.29, 1.82) is 0 Å². The van der Waals surface area contributed by atoms with E-state index < -0.39 is 0 Å². The Hall–Kier alpha value is -2.41. The van der Waals surface area contributed by atoms with E-state index in [1.165, 1.54) is 0 Å². The number of piperidine rings is 1. The first-order chi connectivity index (χ1) is 12.8. The van der Waals surface area contributed by atoms with Crippen molar-refractivity contribution in [2.24, 2.45) is 0 Å². The Morgan fingerprint density at radius 2 is 2.19 bits per heavy atom. The van der Waals surface area contributed by atoms with Crippen molar-refractivity contribution in [1.82, 2.24) is 25.0 Å². The molecule has 0 bridgehead atoms. The molecule has 1 unspecified atom stereocenters. The zero-order valence-electron chi connectivity index (χ0n) is 15.1. The molecule has 1 fully saturated rings. The molecule has 7 heteroatoms. The van der Waals surface area contributed by atoms with Crippen molar-refractivity contribution >= 4 is 5.91 Å². The van der Waals surface area contributed by atoms with E-state index in [1.54, 1.807) is 13.2 Å². The average molecular weight is 355 g/mol. The first kappa shape index (κ1) is 17.0. The van der Waals surface area contributed by atoms with Crippen LogP contribution in [-0.2, 0) is 13.0 Å². The molecule has 1 aromatic heterocycles. The predicted octanol–water partition coefficient (Wildman–Crippen LogP) is 1.45. The Morgan fingerprint density at radius 1 is 1.27 bits per heavy atom. The summed E-state index contributed by atoms with van der Waals surface area (Å²) in [5, 5.41) is 12.3. The van der Waals surface area contributed by atoms with Crippen molar-refractivity contribution in [3.63, 3.8) is 0 Å². The van der Waals surface area contributed by atoms with Crippen molar-refractivity contribution in [3.8, 4) is 5.75 Å². The van der Waals surface area contributed by atoms with Crippen molar-refractivity contribution < 1.29 is 9.53 Å². The summed E-state index contributed by atoms with van der Waals surface area (Å²) in [6.45, 7) is 4.27. The zero-order chi connectivity index (χ0) is 17.9. The van der Waals surface area contributed by atoms with Gasteiger partial charge in [-0.15, -0.1) is 10.2 Å². The molecule has 1 atom stereocenters. The van der Waals surface area contributed by atoms with E-state index in [0.29, 0.717) is 17.9 Å². The minimum Gasteiger partial charge on any atom is -0.497 e. The highest BCUT2D eigenvalue weighted by molar-refractivity contribution is 5.94. The summed E-state index contributed by atoms with van der Waals surface area (Å²) < 4.78 is 7.50. The van der Waals surface area contributed by atoms with Gasteiger partial charge in [0.15, 0.2) is 0 Å². The van der Waals surface area contributed by atoms with Crippen LogP contribution in [0.5, 0.6) is 5.75 Å². The number of nitrogens with zero attached hydrogens (tertiary/aromatic N) is 4. The lowest BCUT2D eigenvalue weighted by molar-refractivity contribution is 0.0702. The highest BCUT2D eigenvalue weighted by atomic mass is 16.5. The summed E-state index contributed by atoms with van der Waals surface area (Å²) in [4.78, 5) is 14.9. The highest BCUT2D eigenvalue weighted by Gasteiger charge is 2.30. The van der Waals surface area contributed by atoms with Gasteiger partial charge in [-0.25, -0.2) is 0 Å². The third-order valence-corrected chi connectivity index (χ3v) is 5.28. The van der Waals surface area contributed by atoms with Gasteiger partial charge in [0.1, 0.15) is 17.4 Å². The van der Waals surface area contributed by atoms with Gasteiger partial charge >= 0.3 is 0 Å². The molecule has 2 aliphatic heterocycles. The molecule has 2 aliphatic rings. The van der Waals surface area contributed by atoms with Gasteiger partial charge in [0.25, 0.3) is 5.91 Å². The monoisotopic (exact) mass is 355 g/mol. The smallest absolute Gasteiger partial charge is 0.254 e. The largest absolute Gasteiger partial charge is 0.497 e. The quantitative estimate of drug-likeness (QED) is 0.902. The minimum atomic E-state index is 0.0610. The maximum absolute atomic E-state index is 12.9. The topological polar surface area (TPSA) is 72.3 Å². The summed E-state index contributed by atoms with van der Waals surface area (Å²) in [7, 11) is 1.62. The van der Waals surface area contributed by atoms with Crippen LogP contribution >= 0.6 is 0 Å². The van der Waals surface area contributed by atoms with Gasteiger partial charge in [0.05, 0.1) is 7.11 Å². The Kier molecular flexibility index (Phi) is 4.88. The predicted molar refractivity (Wildman–Crippen MR) is 97.5 cm³/mol. The molecule has 0 saturated carbocycles. The van der Waals surface area contributed by atoms with Crippen molar-refractivity contribution in [2.75, 3.05) is 33.3 Å². The van der Waals surface area contributed by atoms with Crippen LogP contribution in [0.15, 0.2) is 24.3 Å². The maximum Gasteiger partial charge on any atom is 0.254 e. The molecule has 2 aromatic rings. The third kappa shape index (κ3) is 3.31. The Bertz CT molecular complexity index is 788. The van der Waals surface area contributed by atoms with Crippen LogP contribution in [0.4, 0.5) is 0 Å². The number of methoxy groups -OCH3 is 1. The Morgan fingerprint density at radius 3 is 3.08 bits per heavy atom. The lowest BCUT2D eigenvalue weighted by Crippen LogP contribution is -2.40. The summed E-state index contributed by atoms with van der Waals surface area (Å²) in [5.41, 5.74) is 0.675. The number of amides is 1. The summed E-state index contributed by atoms with van der Waals surface area (Å²) >= 11 is 0. The molecular formula is C19H25N5O2. The fraction of sp³-hybridized carbons (Fsp3) is 0.526. The number of ether oxygens (including phenoxy) is 1. The number of hydrogen-bond acceptors (Lipinski definition) is 5. The van der Waals surface area contributed by atoms with E-state index in [2.05, 4.69) is 20.1 Å². The number of likely N-dealkylation sites (tertiary alicyclic amines) is 1. The van der Waals surface area contributed by atoms with Gasteiger partial charge < -0.3 is 19.5 Å². The minimum absolute atomic E-state index is 0.0610. The molecule has 1 saturated heterocycles. The lowest BCUT2D eigenvalue weighted by Gasteiger charge is -2.32. The van der Waals surface area contributed by atoms with Gasteiger partial charge in [-0.05, 0) is 31.0 Å². The average Bonchev–Trinajstić information content (AvgIpc) is 2.96. The van der Waals surface area contributed by atoms with Gasteiger partial charge in [-0.2, -0.15) is 0 Å². The zero-order valence-corrected chi connectivity index (χ0v) is 15.1. The van der Waals surface area contributed by atoms with Crippen LogP contribution in [-0.4, -0.2) is 58.9 Å². The summed E-state index contributed by atoms with van der Waals surface area (Å²) in [5.74, 6) is 3.11. The Balaban J connectivity index is 1.52. The van der Waals surface area contributed by atoms with E-state index in [9.17, 15) is 4.79 Å². The number of rotatable bonds is 3. The number of nitrogens with one attached hydrogen (secondary N) is 1. The fourth-order valence-electron chi connectivity index (χ4n) is 3.91. The van der Waals surface area contributed by atoms with E-state index in [4.69, 9.17) is 4.74 Å². The Labute approximate surface area is 153 Å². The first-order valence-electron chi connectivity index (χ1n) is 9.32. The summed E-state index contributed by atoms with van der Waals surface area (Å²) in [6.07, 6.45) is 2.94. The molecule has 1 aromatic carbocycles. The normalized spacial score (nSPS) is 20.3. The lowest BCUT2D eigenvalue weighted by atomic mass is 9.96. The van der Waals surface area contributed by atoms with Crippen LogP contribution < -0.4 is 10.1 Å². The van der Waals surface area contributed by atoms with E-state index in [1.807, 2.05) is 23.1 Å². The fourth-order valence-corrected chi connectivity index (χ4v) is 3.91. The van der Waals surface area contributed by atoms with Crippen LogP contribution in [0.3, 0.4) is 0 Å². The molecule has 1 N–H and O–H groups in total. The van der Waals surface area contributed by atoms with Crippen LogP contribution in [0.1, 0.15) is 40.8 Å². The van der Waals surface area contributed by atoms with Crippen molar-refractivity contribution in [3.05, 3.63) is 41.5 Å². The molecule has 0 spiro atoms. The number of carbonyl (C=O) groups excluding carboxylic acids is 1. The van der Waals surface area contributed by atoms with Crippen LogP contribution in [0.25, 0.3) is 0 Å². The van der Waals surface area contributed by atoms with E-state index in [-0.39, 0.29) is 11.8 Å². The summed E-state index contributed by atoms with van der Waals surface area (Å²) in [6, 6.07) is 7.37. The standard InChI is InChI=1S/C19H25N5O2/c1-26-16-6-2-4-14(12-16)19(25)23-10-3-5-15(13-23)18-22-21-17-7-8-20-9-11-24(17)18/h2,4,6,12,15,20H,3,5,7-11,13H2,1H3. The molecular weight excluding hydrogens is 330 g/mol. The number of fused-ring (bicyclic) bond motifs is 1. The maximum atomic E-state index is 12.9. The van der Waals surface area contributed by atoms with Crippen LogP contribution in [0.2, 0.25) is 0 Å². The SMILES string of the molecule is COc1cccc(C(=O)N2CCCC(c3nnc4n3CCNCC4)C2)c1.